The summed E-state index contributed by atoms with van der Waals surface area (Å²) < 4.78 is 6.51. The normalized spacial score (nSPS) is 20.7. The van der Waals surface area contributed by atoms with Gasteiger partial charge in [-0.15, -0.1) is 0 Å². The Hall–Kier alpha value is -0.980. The summed E-state index contributed by atoms with van der Waals surface area (Å²) in [4.78, 5) is 9.81. The van der Waals surface area contributed by atoms with Crippen LogP contribution in [0.25, 0.3) is 10.2 Å². The predicted octanol–water partition coefficient (Wildman–Crippen LogP) is 2.54. The minimum Gasteiger partial charge on any atom is -0.497 e. The number of ether oxygens (including phenoxy) is 1. The summed E-state index contributed by atoms with van der Waals surface area (Å²) in [5.41, 5.74) is 1.05. The van der Waals surface area contributed by atoms with Crippen molar-refractivity contribution in [3.05, 3.63) is 18.2 Å². The molecular formula is C15H19N3OS2. The Morgan fingerprint density at radius 2 is 2.05 bits per heavy atom. The highest BCUT2D eigenvalue weighted by Crippen LogP contribution is 2.34. The monoisotopic (exact) mass is 321 g/mol. The van der Waals surface area contributed by atoms with Crippen LogP contribution in [0.2, 0.25) is 0 Å². The molecule has 4 rings (SSSR count). The van der Waals surface area contributed by atoms with Crippen LogP contribution in [-0.2, 0) is 0 Å². The molecule has 0 aliphatic carbocycles. The molecule has 1 aromatic carbocycles. The van der Waals surface area contributed by atoms with E-state index in [1.54, 1.807) is 18.4 Å². The van der Waals surface area contributed by atoms with Crippen molar-refractivity contribution < 1.29 is 4.74 Å². The maximum Gasteiger partial charge on any atom is 0.186 e. The summed E-state index contributed by atoms with van der Waals surface area (Å²) in [6.07, 6.45) is 0. The van der Waals surface area contributed by atoms with Gasteiger partial charge in [-0.2, -0.15) is 11.8 Å². The van der Waals surface area contributed by atoms with E-state index < -0.39 is 0 Å². The second-order valence-electron chi connectivity index (χ2n) is 5.54. The zero-order valence-electron chi connectivity index (χ0n) is 12.1. The highest BCUT2D eigenvalue weighted by molar-refractivity contribution is 7.99. The summed E-state index contributed by atoms with van der Waals surface area (Å²) in [5.74, 6) is 3.46. The second-order valence-corrected chi connectivity index (χ2v) is 7.77. The van der Waals surface area contributed by atoms with Crippen LogP contribution in [0.4, 0.5) is 5.13 Å². The standard InChI is InChI=1S/C15H19N3OS2/c1-19-12-2-3-14-13(8-12)16-15(21-14)18-9-11(10-18)17-4-6-20-7-5-17/h2-3,8,11H,4-7,9-10H2,1H3. The molecule has 0 radical (unpaired) electrons. The molecule has 2 aliphatic rings. The Morgan fingerprint density at radius 1 is 1.24 bits per heavy atom. The molecule has 1 aromatic heterocycles. The molecule has 4 nitrogen and oxygen atoms in total. The third-order valence-corrected chi connectivity index (χ3v) is 6.32. The third-order valence-electron chi connectivity index (χ3n) is 4.28. The van der Waals surface area contributed by atoms with Crippen molar-refractivity contribution in [2.45, 2.75) is 6.04 Å². The third kappa shape index (κ3) is 2.60. The number of thiazole rings is 1. The molecule has 2 aliphatic heterocycles. The summed E-state index contributed by atoms with van der Waals surface area (Å²) >= 11 is 3.86. The zero-order chi connectivity index (χ0) is 14.2. The lowest BCUT2D eigenvalue weighted by atomic mass is 10.1. The van der Waals surface area contributed by atoms with Crippen LogP contribution in [0.5, 0.6) is 5.75 Å². The van der Waals surface area contributed by atoms with Gasteiger partial charge in [0.2, 0.25) is 0 Å². The molecule has 21 heavy (non-hydrogen) atoms. The van der Waals surface area contributed by atoms with Gasteiger partial charge in [-0.25, -0.2) is 4.98 Å². The molecule has 3 heterocycles. The minimum absolute atomic E-state index is 0.729. The quantitative estimate of drug-likeness (QED) is 0.866. The number of hydrogen-bond acceptors (Lipinski definition) is 6. The van der Waals surface area contributed by atoms with Crippen molar-refractivity contribution >= 4 is 38.4 Å². The Labute approximate surface area is 133 Å². The van der Waals surface area contributed by atoms with Crippen LogP contribution in [0.15, 0.2) is 18.2 Å². The van der Waals surface area contributed by atoms with E-state index in [2.05, 4.69) is 27.6 Å². The van der Waals surface area contributed by atoms with Gasteiger partial charge in [0, 0.05) is 49.8 Å². The number of rotatable bonds is 3. The fourth-order valence-corrected chi connectivity index (χ4v) is 4.84. The van der Waals surface area contributed by atoms with E-state index in [1.807, 2.05) is 12.1 Å². The molecule has 2 aromatic rings. The summed E-state index contributed by atoms with van der Waals surface area (Å²) in [7, 11) is 1.70. The summed E-state index contributed by atoms with van der Waals surface area (Å²) in [6.45, 7) is 4.75. The lowest BCUT2D eigenvalue weighted by molar-refractivity contribution is 0.183. The van der Waals surface area contributed by atoms with Crippen molar-refractivity contribution in [2.75, 3.05) is 49.7 Å². The van der Waals surface area contributed by atoms with E-state index in [1.165, 1.54) is 29.3 Å². The SMILES string of the molecule is COc1ccc2sc(N3CC(N4CCSCC4)C3)nc2c1. The van der Waals surface area contributed by atoms with E-state index in [0.29, 0.717) is 0 Å². The van der Waals surface area contributed by atoms with Gasteiger partial charge in [0.15, 0.2) is 5.13 Å². The van der Waals surface area contributed by atoms with Crippen molar-refractivity contribution in [2.24, 2.45) is 0 Å². The maximum atomic E-state index is 5.27. The van der Waals surface area contributed by atoms with Crippen LogP contribution in [-0.4, -0.2) is 60.7 Å². The number of benzene rings is 1. The van der Waals surface area contributed by atoms with Crippen LogP contribution < -0.4 is 9.64 Å². The average Bonchev–Trinajstić information content (AvgIpc) is 2.89. The van der Waals surface area contributed by atoms with Crippen molar-refractivity contribution in [1.29, 1.82) is 0 Å². The lowest BCUT2D eigenvalue weighted by Gasteiger charge is -2.46. The summed E-state index contributed by atoms with van der Waals surface area (Å²) in [6, 6.07) is 6.87. The van der Waals surface area contributed by atoms with E-state index in [0.717, 1.165) is 35.5 Å². The Kier molecular flexibility index (Phi) is 3.69. The number of methoxy groups -OCH3 is 1. The number of hydrogen-bond donors (Lipinski definition) is 0. The summed E-state index contributed by atoms with van der Waals surface area (Å²) in [5, 5.41) is 1.15. The first-order valence-electron chi connectivity index (χ1n) is 7.35. The molecule has 0 spiro atoms. The molecule has 0 atom stereocenters. The molecule has 0 saturated carbocycles. The number of nitrogens with zero attached hydrogens (tertiary/aromatic N) is 3. The topological polar surface area (TPSA) is 28.6 Å². The smallest absolute Gasteiger partial charge is 0.186 e. The van der Waals surface area contributed by atoms with E-state index >= 15 is 0 Å². The minimum atomic E-state index is 0.729. The van der Waals surface area contributed by atoms with Crippen LogP contribution in [0, 0.1) is 0 Å². The molecule has 0 unspecified atom stereocenters. The zero-order valence-corrected chi connectivity index (χ0v) is 13.8. The van der Waals surface area contributed by atoms with Gasteiger partial charge in [0.1, 0.15) is 5.75 Å². The lowest BCUT2D eigenvalue weighted by Crippen LogP contribution is -2.61. The van der Waals surface area contributed by atoms with Gasteiger partial charge in [-0.05, 0) is 12.1 Å². The molecule has 0 N–H and O–H groups in total. The van der Waals surface area contributed by atoms with Crippen molar-refractivity contribution in [1.82, 2.24) is 9.88 Å². The van der Waals surface area contributed by atoms with Crippen molar-refractivity contribution in [3.63, 3.8) is 0 Å². The molecule has 0 amide bonds. The van der Waals surface area contributed by atoms with Crippen LogP contribution in [0.3, 0.4) is 0 Å². The number of anilines is 1. The highest BCUT2D eigenvalue weighted by Gasteiger charge is 2.33. The highest BCUT2D eigenvalue weighted by atomic mass is 32.2. The fourth-order valence-electron chi connectivity index (χ4n) is 2.94. The Morgan fingerprint density at radius 3 is 2.81 bits per heavy atom. The predicted molar refractivity (Wildman–Crippen MR) is 91.1 cm³/mol. The molecule has 112 valence electrons. The van der Waals surface area contributed by atoms with Gasteiger partial charge in [0.25, 0.3) is 0 Å². The van der Waals surface area contributed by atoms with Gasteiger partial charge in [-0.1, -0.05) is 11.3 Å². The maximum absolute atomic E-state index is 5.27. The first-order chi connectivity index (χ1) is 10.3. The molecule has 2 saturated heterocycles. The average molecular weight is 321 g/mol. The molecule has 0 bridgehead atoms. The van der Waals surface area contributed by atoms with Crippen LogP contribution >= 0.6 is 23.1 Å². The van der Waals surface area contributed by atoms with Crippen molar-refractivity contribution in [3.8, 4) is 5.75 Å². The molecule has 2 fully saturated rings. The van der Waals surface area contributed by atoms with Gasteiger partial charge < -0.3 is 9.64 Å². The van der Waals surface area contributed by atoms with Gasteiger partial charge in [-0.3, -0.25) is 4.90 Å². The van der Waals surface area contributed by atoms with Gasteiger partial charge in [0.05, 0.1) is 17.3 Å². The molecule has 6 heteroatoms. The first-order valence-corrected chi connectivity index (χ1v) is 9.32. The van der Waals surface area contributed by atoms with E-state index in [-0.39, 0.29) is 0 Å². The first kappa shape index (κ1) is 13.7. The van der Waals surface area contributed by atoms with E-state index in [4.69, 9.17) is 9.72 Å². The second kappa shape index (κ2) is 5.66. The van der Waals surface area contributed by atoms with E-state index in [9.17, 15) is 0 Å². The fraction of sp³-hybridized carbons (Fsp3) is 0.533. The number of thioether (sulfide) groups is 1. The molecular weight excluding hydrogens is 302 g/mol. The Bertz CT molecular complexity index is 633. The number of fused-ring (bicyclic) bond motifs is 1. The largest absolute Gasteiger partial charge is 0.497 e. The Balaban J connectivity index is 1.45. The van der Waals surface area contributed by atoms with Crippen LogP contribution in [0.1, 0.15) is 0 Å². The van der Waals surface area contributed by atoms with Gasteiger partial charge >= 0.3 is 0 Å². The number of aromatic nitrogens is 1.